The molecule has 0 radical (unpaired) electrons. The average Bonchev–Trinajstić information content (AvgIpc) is 3.03. The fourth-order valence-electron chi connectivity index (χ4n) is 3.53. The van der Waals surface area contributed by atoms with Crippen molar-refractivity contribution < 1.29 is 4.79 Å². The highest BCUT2D eigenvalue weighted by molar-refractivity contribution is 6.30. The van der Waals surface area contributed by atoms with E-state index < -0.39 is 0 Å². The van der Waals surface area contributed by atoms with Crippen LogP contribution in [0.1, 0.15) is 59.9 Å². The van der Waals surface area contributed by atoms with Crippen molar-refractivity contribution in [3.8, 4) is 0 Å². The van der Waals surface area contributed by atoms with Crippen molar-refractivity contribution in [3.63, 3.8) is 0 Å². The van der Waals surface area contributed by atoms with Crippen molar-refractivity contribution in [2.45, 2.75) is 46.1 Å². The summed E-state index contributed by atoms with van der Waals surface area (Å²) in [6.45, 7) is 8.89. The molecule has 25 heavy (non-hydrogen) atoms. The SMILES string of the molecule is Cc1cc(Cl)ccc1C(=O)[C@@H]1CCCN(Cc2cc(C(C)C)n[nH]2)C1. The minimum Gasteiger partial charge on any atom is -0.297 e. The van der Waals surface area contributed by atoms with Crippen molar-refractivity contribution in [2.24, 2.45) is 5.92 Å². The van der Waals surface area contributed by atoms with Gasteiger partial charge in [0.2, 0.25) is 0 Å². The highest BCUT2D eigenvalue weighted by Gasteiger charge is 2.27. The summed E-state index contributed by atoms with van der Waals surface area (Å²) in [7, 11) is 0. The second kappa shape index (κ2) is 7.71. The highest BCUT2D eigenvalue weighted by atomic mass is 35.5. The Morgan fingerprint density at radius 1 is 1.40 bits per heavy atom. The van der Waals surface area contributed by atoms with Crippen LogP contribution in [0.15, 0.2) is 24.3 Å². The minimum absolute atomic E-state index is 0.0566. The first-order valence-electron chi connectivity index (χ1n) is 9.01. The minimum atomic E-state index is 0.0566. The molecule has 0 amide bonds. The molecular weight excluding hydrogens is 334 g/mol. The molecule has 1 aromatic heterocycles. The number of aryl methyl sites for hydroxylation is 1. The van der Waals surface area contributed by atoms with Crippen LogP contribution in [-0.4, -0.2) is 34.0 Å². The largest absolute Gasteiger partial charge is 0.297 e. The molecule has 1 aliphatic heterocycles. The summed E-state index contributed by atoms with van der Waals surface area (Å²) in [5, 5.41) is 8.19. The van der Waals surface area contributed by atoms with Crippen LogP contribution in [-0.2, 0) is 6.54 Å². The molecule has 1 atom stereocenters. The van der Waals surface area contributed by atoms with Crippen molar-refractivity contribution in [3.05, 3.63) is 51.8 Å². The first kappa shape index (κ1) is 18.2. The molecule has 1 aliphatic rings. The lowest BCUT2D eigenvalue weighted by Crippen LogP contribution is -2.38. The lowest BCUT2D eigenvalue weighted by molar-refractivity contribution is 0.0809. The Balaban J connectivity index is 1.66. The number of hydrogen-bond acceptors (Lipinski definition) is 3. The third kappa shape index (κ3) is 4.31. The third-order valence-corrected chi connectivity index (χ3v) is 5.20. The summed E-state index contributed by atoms with van der Waals surface area (Å²) in [5.74, 6) is 0.723. The van der Waals surface area contributed by atoms with Crippen LogP contribution in [0.3, 0.4) is 0 Å². The molecule has 4 nitrogen and oxygen atoms in total. The predicted molar refractivity (Wildman–Crippen MR) is 101 cm³/mol. The van der Waals surface area contributed by atoms with Gasteiger partial charge in [0.15, 0.2) is 5.78 Å². The monoisotopic (exact) mass is 359 g/mol. The van der Waals surface area contributed by atoms with Crippen LogP contribution in [0.4, 0.5) is 0 Å². The van der Waals surface area contributed by atoms with E-state index in [4.69, 9.17) is 11.6 Å². The standard InChI is InChI=1S/C20H26ClN3O/c1-13(2)19-10-17(22-23-19)12-24-8-4-5-15(11-24)20(25)18-7-6-16(21)9-14(18)3/h6-7,9-10,13,15H,4-5,8,11-12H2,1-3H3,(H,22,23)/t15-/m1/s1. The Kier molecular flexibility index (Phi) is 5.60. The maximum atomic E-state index is 12.9. The molecule has 134 valence electrons. The number of nitrogens with one attached hydrogen (secondary N) is 1. The van der Waals surface area contributed by atoms with Gasteiger partial charge in [0, 0.05) is 35.3 Å². The van der Waals surface area contributed by atoms with E-state index in [2.05, 4.69) is 35.0 Å². The van der Waals surface area contributed by atoms with Gasteiger partial charge in [0.1, 0.15) is 0 Å². The van der Waals surface area contributed by atoms with Crippen LogP contribution < -0.4 is 0 Å². The van der Waals surface area contributed by atoms with E-state index >= 15 is 0 Å². The van der Waals surface area contributed by atoms with Crippen LogP contribution in [0.5, 0.6) is 0 Å². The number of ketones is 1. The van der Waals surface area contributed by atoms with Crippen molar-refractivity contribution >= 4 is 17.4 Å². The van der Waals surface area contributed by atoms with Crippen molar-refractivity contribution in [2.75, 3.05) is 13.1 Å². The maximum absolute atomic E-state index is 12.9. The molecule has 0 saturated carbocycles. The Morgan fingerprint density at radius 2 is 2.20 bits per heavy atom. The Morgan fingerprint density at radius 3 is 2.88 bits per heavy atom. The van der Waals surface area contributed by atoms with Gasteiger partial charge in [-0.2, -0.15) is 5.10 Å². The van der Waals surface area contributed by atoms with Gasteiger partial charge in [0.05, 0.1) is 5.69 Å². The normalized spacial score (nSPS) is 18.7. The number of likely N-dealkylation sites (tertiary alicyclic amines) is 1. The molecule has 0 spiro atoms. The van der Waals surface area contributed by atoms with Gasteiger partial charge in [-0.15, -0.1) is 0 Å². The van der Waals surface area contributed by atoms with E-state index in [0.29, 0.717) is 10.9 Å². The van der Waals surface area contributed by atoms with Gasteiger partial charge in [-0.3, -0.25) is 14.8 Å². The van der Waals surface area contributed by atoms with Crippen LogP contribution in [0.25, 0.3) is 0 Å². The predicted octanol–water partition coefficient (Wildman–Crippen LogP) is 4.59. The van der Waals surface area contributed by atoms with Crippen molar-refractivity contribution in [1.82, 2.24) is 15.1 Å². The van der Waals surface area contributed by atoms with E-state index in [9.17, 15) is 4.79 Å². The van der Waals surface area contributed by atoms with Gasteiger partial charge in [-0.25, -0.2) is 0 Å². The van der Waals surface area contributed by atoms with Crippen LogP contribution in [0, 0.1) is 12.8 Å². The molecule has 3 rings (SSSR count). The van der Waals surface area contributed by atoms with E-state index in [0.717, 1.165) is 55.0 Å². The number of hydrogen-bond donors (Lipinski definition) is 1. The molecule has 0 unspecified atom stereocenters. The van der Waals surface area contributed by atoms with Crippen molar-refractivity contribution in [1.29, 1.82) is 0 Å². The summed E-state index contributed by atoms with van der Waals surface area (Å²) in [6.07, 6.45) is 2.01. The van der Waals surface area contributed by atoms with E-state index in [1.807, 2.05) is 19.1 Å². The molecule has 1 N–H and O–H groups in total. The summed E-state index contributed by atoms with van der Waals surface area (Å²) in [6, 6.07) is 7.68. The number of halogens is 1. The van der Waals surface area contributed by atoms with Gasteiger partial charge in [0.25, 0.3) is 0 Å². The van der Waals surface area contributed by atoms with Gasteiger partial charge >= 0.3 is 0 Å². The third-order valence-electron chi connectivity index (χ3n) is 4.97. The molecule has 2 heterocycles. The number of carbonyl (C=O) groups is 1. The lowest BCUT2D eigenvalue weighted by atomic mass is 9.88. The molecule has 1 fully saturated rings. The second-order valence-corrected chi connectivity index (χ2v) is 7.81. The van der Waals surface area contributed by atoms with Gasteiger partial charge in [-0.05, 0) is 62.1 Å². The van der Waals surface area contributed by atoms with E-state index in [1.165, 1.54) is 0 Å². The second-order valence-electron chi connectivity index (χ2n) is 7.37. The Labute approximate surface area is 154 Å². The number of aromatic nitrogens is 2. The zero-order valence-corrected chi connectivity index (χ0v) is 15.9. The molecule has 2 aromatic rings. The highest BCUT2D eigenvalue weighted by Crippen LogP contribution is 2.25. The van der Waals surface area contributed by atoms with Crippen LogP contribution in [0.2, 0.25) is 5.02 Å². The smallest absolute Gasteiger partial charge is 0.167 e. The zero-order valence-electron chi connectivity index (χ0n) is 15.2. The van der Waals surface area contributed by atoms with Gasteiger partial charge in [-0.1, -0.05) is 25.4 Å². The quantitative estimate of drug-likeness (QED) is 0.794. The van der Waals surface area contributed by atoms with E-state index in [-0.39, 0.29) is 11.7 Å². The molecule has 1 saturated heterocycles. The molecule has 0 aliphatic carbocycles. The number of aromatic amines is 1. The fraction of sp³-hybridized carbons (Fsp3) is 0.500. The maximum Gasteiger partial charge on any atom is 0.167 e. The Hall–Kier alpha value is -1.65. The topological polar surface area (TPSA) is 49.0 Å². The number of nitrogens with zero attached hydrogens (tertiary/aromatic N) is 2. The number of Topliss-reactive ketones (excluding diaryl/α,β-unsaturated/α-hetero) is 1. The molecule has 1 aromatic carbocycles. The Bertz CT molecular complexity index is 753. The summed E-state index contributed by atoms with van der Waals surface area (Å²) >= 11 is 6.02. The summed E-state index contributed by atoms with van der Waals surface area (Å²) < 4.78 is 0. The number of benzene rings is 1. The number of rotatable bonds is 5. The molecular formula is C20H26ClN3O. The lowest BCUT2D eigenvalue weighted by Gasteiger charge is -2.31. The first-order chi connectivity index (χ1) is 11.9. The zero-order chi connectivity index (χ0) is 18.0. The summed E-state index contributed by atoms with van der Waals surface area (Å²) in [5.41, 5.74) is 3.99. The van der Waals surface area contributed by atoms with Gasteiger partial charge < -0.3 is 0 Å². The number of H-pyrrole nitrogens is 1. The first-order valence-corrected chi connectivity index (χ1v) is 9.38. The van der Waals surface area contributed by atoms with Crippen LogP contribution >= 0.6 is 11.6 Å². The number of piperidine rings is 1. The molecule has 0 bridgehead atoms. The average molecular weight is 360 g/mol. The summed E-state index contributed by atoms with van der Waals surface area (Å²) in [4.78, 5) is 15.3. The number of carbonyl (C=O) groups excluding carboxylic acids is 1. The fourth-order valence-corrected chi connectivity index (χ4v) is 3.76. The van der Waals surface area contributed by atoms with E-state index in [1.54, 1.807) is 6.07 Å². The molecule has 5 heteroatoms.